The molecule has 2 aliphatic rings. The van der Waals surface area contributed by atoms with Gasteiger partial charge in [-0.25, -0.2) is 9.18 Å². The van der Waals surface area contributed by atoms with Crippen LogP contribution in [0, 0.1) is 5.82 Å². The lowest BCUT2D eigenvalue weighted by molar-refractivity contribution is -0.00168. The predicted octanol–water partition coefficient (Wildman–Crippen LogP) is 3.97. The summed E-state index contributed by atoms with van der Waals surface area (Å²) in [5.74, 6) is -1.47. The van der Waals surface area contributed by atoms with Crippen molar-refractivity contribution in [2.24, 2.45) is 0 Å². The molecule has 0 aliphatic carbocycles. The highest BCUT2D eigenvalue weighted by atomic mass is 32.1. The molecule has 4 aromatic rings. The van der Waals surface area contributed by atoms with Gasteiger partial charge in [0.2, 0.25) is 5.43 Å². The molecule has 1 spiro atoms. The van der Waals surface area contributed by atoms with Gasteiger partial charge in [0.15, 0.2) is 16.5 Å². The Morgan fingerprint density at radius 3 is 2.43 bits per heavy atom. The molecule has 0 atom stereocenters. The number of amides is 2. The second-order valence-electron chi connectivity index (χ2n) is 10.8. The molecule has 2 aromatic carbocycles. The maximum atomic E-state index is 13.8. The van der Waals surface area contributed by atoms with Crippen LogP contribution in [0.25, 0.3) is 10.6 Å². The van der Waals surface area contributed by atoms with E-state index < -0.39 is 28.8 Å². The van der Waals surface area contributed by atoms with Crippen molar-refractivity contribution in [2.45, 2.75) is 38.5 Å². The molecule has 2 amide bonds. The third-order valence-electron chi connectivity index (χ3n) is 8.35. The Morgan fingerprint density at radius 2 is 1.75 bits per heavy atom. The van der Waals surface area contributed by atoms with Crippen molar-refractivity contribution in [3.8, 4) is 16.3 Å². The molecule has 0 saturated carbocycles. The Hall–Kier alpha value is -4.78. The van der Waals surface area contributed by atoms with Crippen LogP contribution in [0.5, 0.6) is 5.75 Å². The van der Waals surface area contributed by atoms with Gasteiger partial charge in [-0.05, 0) is 30.2 Å². The molecule has 1 saturated heterocycles. The molecule has 2 aromatic heterocycles. The number of hydrogen-bond donors (Lipinski definition) is 1. The third-order valence-corrected chi connectivity index (χ3v) is 9.31. The summed E-state index contributed by atoms with van der Waals surface area (Å²) in [6.45, 7) is 3.04. The number of likely N-dealkylation sites (tertiary alicyclic amines) is 1. The van der Waals surface area contributed by atoms with Gasteiger partial charge in [-0.3, -0.25) is 19.3 Å². The molecular formula is C31H31FN6O5S. The van der Waals surface area contributed by atoms with E-state index in [4.69, 9.17) is 4.74 Å². The summed E-state index contributed by atoms with van der Waals surface area (Å²) in [6, 6.07) is 15.5. The summed E-state index contributed by atoms with van der Waals surface area (Å²) in [4.78, 5) is 43.3. The number of benzene rings is 2. The van der Waals surface area contributed by atoms with Crippen molar-refractivity contribution in [2.75, 3.05) is 31.7 Å². The minimum atomic E-state index is -0.817. The van der Waals surface area contributed by atoms with Crippen LogP contribution in [0.4, 0.5) is 9.18 Å². The first-order chi connectivity index (χ1) is 21.2. The highest BCUT2D eigenvalue weighted by molar-refractivity contribution is 7.14. The van der Waals surface area contributed by atoms with Crippen LogP contribution in [0.1, 0.15) is 46.4 Å². The normalized spacial score (nSPS) is 15.9. The topological polar surface area (TPSA) is 121 Å². The fourth-order valence-corrected chi connectivity index (χ4v) is 6.85. The van der Waals surface area contributed by atoms with Crippen molar-refractivity contribution >= 4 is 23.3 Å². The summed E-state index contributed by atoms with van der Waals surface area (Å²) in [6.07, 6.45) is 2.34. The Labute approximate surface area is 256 Å². The number of aromatic nitrogens is 3. The van der Waals surface area contributed by atoms with Gasteiger partial charge in [0.25, 0.3) is 5.91 Å². The summed E-state index contributed by atoms with van der Waals surface area (Å²) in [7, 11) is 1.80. The number of rotatable bonds is 6. The maximum absolute atomic E-state index is 13.8. The van der Waals surface area contributed by atoms with E-state index in [-0.39, 0.29) is 23.7 Å². The van der Waals surface area contributed by atoms with Gasteiger partial charge in [-0.2, -0.15) is 0 Å². The van der Waals surface area contributed by atoms with E-state index >= 15 is 0 Å². The van der Waals surface area contributed by atoms with Gasteiger partial charge in [-0.1, -0.05) is 53.8 Å². The van der Waals surface area contributed by atoms with E-state index in [0.29, 0.717) is 48.9 Å². The third kappa shape index (κ3) is 5.17. The standard InChI is InChI=1S/C31H31FN6O5S/c1-3-37-29(41)25-27(40)26(39)23(28-34-33-24(44-28)17-20-9-11-22(32)12-10-20)18-38(25)35(2)31(37)13-15-36(16-14-31)30(42)43-19-21-7-5-4-6-8-21/h4-12,18,40H,3,13-17,19H2,1-2H3. The molecule has 228 valence electrons. The van der Waals surface area contributed by atoms with Crippen molar-refractivity contribution in [3.05, 3.63) is 98.7 Å². The molecular weight excluding hydrogens is 587 g/mol. The van der Waals surface area contributed by atoms with Crippen LogP contribution in [0.3, 0.4) is 0 Å². The van der Waals surface area contributed by atoms with Crippen LogP contribution < -0.4 is 10.4 Å². The molecule has 0 unspecified atom stereocenters. The number of carbonyl (C=O) groups is 2. The molecule has 0 radical (unpaired) electrons. The number of halogens is 1. The molecule has 6 rings (SSSR count). The highest BCUT2D eigenvalue weighted by Gasteiger charge is 2.51. The minimum absolute atomic E-state index is 0.107. The van der Waals surface area contributed by atoms with Crippen LogP contribution in [0.2, 0.25) is 0 Å². The van der Waals surface area contributed by atoms with Gasteiger partial charge in [-0.15, -0.1) is 10.2 Å². The Morgan fingerprint density at radius 1 is 1.05 bits per heavy atom. The molecule has 44 heavy (non-hydrogen) atoms. The number of piperidine rings is 1. The number of aromatic hydroxyl groups is 1. The maximum Gasteiger partial charge on any atom is 0.410 e. The molecule has 4 heterocycles. The fraction of sp³-hybridized carbons (Fsp3) is 0.323. The monoisotopic (exact) mass is 618 g/mol. The zero-order chi connectivity index (χ0) is 31.0. The van der Waals surface area contributed by atoms with Gasteiger partial charge >= 0.3 is 6.09 Å². The molecule has 2 aliphatic heterocycles. The van der Waals surface area contributed by atoms with Gasteiger partial charge < -0.3 is 19.6 Å². The number of pyridine rings is 1. The lowest BCUT2D eigenvalue weighted by Crippen LogP contribution is -2.72. The molecule has 11 nitrogen and oxygen atoms in total. The molecule has 13 heteroatoms. The lowest BCUT2D eigenvalue weighted by Gasteiger charge is -2.56. The number of hydrogen-bond acceptors (Lipinski definition) is 9. The summed E-state index contributed by atoms with van der Waals surface area (Å²) < 4.78 is 20.4. The zero-order valence-corrected chi connectivity index (χ0v) is 25.1. The molecule has 1 N–H and O–H groups in total. The average molecular weight is 619 g/mol. The Balaban J connectivity index is 1.26. The number of fused-ring (bicyclic) bond motifs is 1. The zero-order valence-electron chi connectivity index (χ0n) is 24.3. The van der Waals surface area contributed by atoms with Gasteiger partial charge in [0, 0.05) is 52.1 Å². The first-order valence-electron chi connectivity index (χ1n) is 14.3. The van der Waals surface area contributed by atoms with E-state index in [0.717, 1.165) is 11.1 Å². The van der Waals surface area contributed by atoms with E-state index in [1.807, 2.05) is 42.3 Å². The number of nitrogens with zero attached hydrogens (tertiary/aromatic N) is 6. The molecule has 1 fully saturated rings. The van der Waals surface area contributed by atoms with Crippen LogP contribution in [-0.2, 0) is 17.8 Å². The van der Waals surface area contributed by atoms with E-state index in [9.17, 15) is 23.9 Å². The van der Waals surface area contributed by atoms with Gasteiger partial charge in [0.1, 0.15) is 23.1 Å². The van der Waals surface area contributed by atoms with Crippen molar-refractivity contribution in [1.29, 1.82) is 0 Å². The first-order valence-corrected chi connectivity index (χ1v) is 15.1. The quantitative estimate of drug-likeness (QED) is 0.345. The van der Waals surface area contributed by atoms with Crippen LogP contribution in [-0.4, -0.2) is 74.1 Å². The lowest BCUT2D eigenvalue weighted by atomic mass is 9.92. The second-order valence-corrected chi connectivity index (χ2v) is 11.9. The summed E-state index contributed by atoms with van der Waals surface area (Å²) in [5, 5.41) is 22.2. The average Bonchev–Trinajstić information content (AvgIpc) is 3.50. The minimum Gasteiger partial charge on any atom is -0.502 e. The van der Waals surface area contributed by atoms with Crippen LogP contribution in [0.15, 0.2) is 65.6 Å². The predicted molar refractivity (Wildman–Crippen MR) is 161 cm³/mol. The van der Waals surface area contributed by atoms with Crippen molar-refractivity contribution < 1.29 is 23.8 Å². The fourth-order valence-electron chi connectivity index (χ4n) is 5.97. The number of carbonyl (C=O) groups excluding carboxylic acids is 2. The largest absolute Gasteiger partial charge is 0.502 e. The van der Waals surface area contributed by atoms with E-state index in [2.05, 4.69) is 10.2 Å². The van der Waals surface area contributed by atoms with Gasteiger partial charge in [0.05, 0.1) is 5.56 Å². The van der Waals surface area contributed by atoms with E-state index in [1.54, 1.807) is 29.0 Å². The number of ether oxygens (including phenoxy) is 1. The Bertz CT molecular complexity index is 1750. The van der Waals surface area contributed by atoms with Crippen molar-refractivity contribution in [1.82, 2.24) is 24.7 Å². The van der Waals surface area contributed by atoms with Crippen molar-refractivity contribution in [3.63, 3.8) is 0 Å². The van der Waals surface area contributed by atoms with Crippen LogP contribution >= 0.6 is 11.3 Å². The molecule has 0 bridgehead atoms. The van der Waals surface area contributed by atoms with E-state index in [1.165, 1.54) is 34.3 Å². The second kappa shape index (κ2) is 11.7. The summed E-state index contributed by atoms with van der Waals surface area (Å²) >= 11 is 1.19. The smallest absolute Gasteiger partial charge is 0.410 e. The SMILES string of the molecule is CCN1C(=O)c2c(O)c(=O)c(-c3nnc(Cc4ccc(F)cc4)s3)cn2N(C)C12CCN(C(=O)OCc1ccccc1)CC2. The first kappa shape index (κ1) is 29.3. The summed E-state index contributed by atoms with van der Waals surface area (Å²) in [5.41, 5.74) is 0.170. The highest BCUT2D eigenvalue weighted by Crippen LogP contribution is 2.38. The Kier molecular flexibility index (Phi) is 7.80.